The van der Waals surface area contributed by atoms with Crippen molar-refractivity contribution in [3.05, 3.63) is 0 Å². The second-order valence-electron chi connectivity index (χ2n) is 2.15. The fourth-order valence-electron chi connectivity index (χ4n) is 0.337. The van der Waals surface area contributed by atoms with Gasteiger partial charge in [0.1, 0.15) is 0 Å². The Morgan fingerprint density at radius 1 is 1.64 bits per heavy atom. The standard InChI is InChI=1S/C5H11NO4S/c1-4(2)10-5(7)6(3)11(8)9/h4H,1-3H3,(H,8,9)/p-1. The highest BCUT2D eigenvalue weighted by Crippen LogP contribution is 1.96. The van der Waals surface area contributed by atoms with Gasteiger partial charge in [-0.15, -0.1) is 0 Å². The molecule has 0 N–H and O–H groups in total. The summed E-state index contributed by atoms with van der Waals surface area (Å²) in [6.45, 7) is 3.28. The molecule has 0 radical (unpaired) electrons. The van der Waals surface area contributed by atoms with E-state index in [0.717, 1.165) is 7.05 Å². The first-order valence-electron chi connectivity index (χ1n) is 2.99. The summed E-state index contributed by atoms with van der Waals surface area (Å²) in [5, 5.41) is 0. The van der Waals surface area contributed by atoms with E-state index in [9.17, 15) is 13.6 Å². The Balaban J connectivity index is 3.93. The Bertz CT molecular complexity index is 170. The van der Waals surface area contributed by atoms with Gasteiger partial charge < -0.3 is 9.29 Å². The molecule has 1 amide bonds. The first-order chi connectivity index (χ1) is 4.95. The number of rotatable bonds is 2. The lowest BCUT2D eigenvalue weighted by atomic mass is 10.5. The van der Waals surface area contributed by atoms with Crippen molar-refractivity contribution in [2.24, 2.45) is 0 Å². The van der Waals surface area contributed by atoms with Crippen molar-refractivity contribution >= 4 is 17.4 Å². The second kappa shape index (κ2) is 4.30. The molecular weight excluding hydrogens is 170 g/mol. The van der Waals surface area contributed by atoms with Crippen LogP contribution in [-0.2, 0) is 16.0 Å². The Morgan fingerprint density at radius 2 is 2.09 bits per heavy atom. The van der Waals surface area contributed by atoms with Crippen molar-refractivity contribution in [2.45, 2.75) is 20.0 Å². The van der Waals surface area contributed by atoms with Gasteiger partial charge in [-0.05, 0) is 13.8 Å². The van der Waals surface area contributed by atoms with Crippen LogP contribution in [-0.4, -0.2) is 32.3 Å². The molecule has 66 valence electrons. The van der Waals surface area contributed by atoms with Gasteiger partial charge in [0.15, 0.2) is 0 Å². The lowest BCUT2D eigenvalue weighted by molar-refractivity contribution is 0.101. The molecule has 1 unspecified atom stereocenters. The average molecular weight is 180 g/mol. The summed E-state index contributed by atoms with van der Waals surface area (Å²) < 4.78 is 25.3. The van der Waals surface area contributed by atoms with E-state index in [1.54, 1.807) is 13.8 Å². The van der Waals surface area contributed by atoms with Crippen molar-refractivity contribution in [1.29, 1.82) is 0 Å². The van der Waals surface area contributed by atoms with E-state index in [4.69, 9.17) is 0 Å². The molecule has 0 aromatic heterocycles. The van der Waals surface area contributed by atoms with Gasteiger partial charge in [-0.25, -0.2) is 9.10 Å². The van der Waals surface area contributed by atoms with Crippen LogP contribution < -0.4 is 0 Å². The molecular formula is C5H10NO4S-. The minimum Gasteiger partial charge on any atom is -0.755 e. The lowest BCUT2D eigenvalue weighted by Crippen LogP contribution is -2.30. The molecule has 0 bridgehead atoms. The third kappa shape index (κ3) is 3.94. The summed E-state index contributed by atoms with van der Waals surface area (Å²) in [5.74, 6) is 0. The van der Waals surface area contributed by atoms with Crippen molar-refractivity contribution < 1.29 is 18.3 Å². The van der Waals surface area contributed by atoms with E-state index < -0.39 is 17.4 Å². The van der Waals surface area contributed by atoms with Crippen LogP contribution >= 0.6 is 0 Å². The Morgan fingerprint density at radius 3 is 2.36 bits per heavy atom. The zero-order chi connectivity index (χ0) is 9.02. The maximum Gasteiger partial charge on any atom is 0.420 e. The summed E-state index contributed by atoms with van der Waals surface area (Å²) in [6.07, 6.45) is -1.18. The molecule has 5 nitrogen and oxygen atoms in total. The van der Waals surface area contributed by atoms with Crippen molar-refractivity contribution in [3.8, 4) is 0 Å². The van der Waals surface area contributed by atoms with Gasteiger partial charge in [-0.3, -0.25) is 4.21 Å². The average Bonchev–Trinajstić information content (AvgIpc) is 1.84. The van der Waals surface area contributed by atoms with E-state index in [0.29, 0.717) is 4.31 Å². The molecule has 11 heavy (non-hydrogen) atoms. The minimum atomic E-state index is -2.55. The first kappa shape index (κ1) is 10.4. The molecule has 0 spiro atoms. The molecule has 0 saturated heterocycles. The minimum absolute atomic E-state index is 0.312. The predicted octanol–water partition coefficient (Wildman–Crippen LogP) is 0.257. The van der Waals surface area contributed by atoms with E-state index in [-0.39, 0.29) is 6.10 Å². The van der Waals surface area contributed by atoms with Crippen LogP contribution in [0.15, 0.2) is 0 Å². The normalized spacial score (nSPS) is 12.8. The van der Waals surface area contributed by atoms with Crippen molar-refractivity contribution in [1.82, 2.24) is 4.31 Å². The van der Waals surface area contributed by atoms with Gasteiger partial charge in [0, 0.05) is 7.05 Å². The summed E-state index contributed by atoms with van der Waals surface area (Å²) >= 11 is -2.55. The van der Waals surface area contributed by atoms with Crippen molar-refractivity contribution in [2.75, 3.05) is 7.05 Å². The number of carbonyl (C=O) groups excluding carboxylic acids is 1. The van der Waals surface area contributed by atoms with Crippen LogP contribution in [0.2, 0.25) is 0 Å². The highest BCUT2D eigenvalue weighted by molar-refractivity contribution is 7.77. The predicted molar refractivity (Wildman–Crippen MR) is 38.3 cm³/mol. The fraction of sp³-hybridized carbons (Fsp3) is 0.800. The van der Waals surface area contributed by atoms with Gasteiger partial charge in [-0.2, -0.15) is 0 Å². The number of carbonyl (C=O) groups is 1. The van der Waals surface area contributed by atoms with E-state index in [2.05, 4.69) is 4.74 Å². The molecule has 0 aliphatic rings. The molecule has 0 aliphatic heterocycles. The van der Waals surface area contributed by atoms with E-state index in [1.807, 2.05) is 0 Å². The smallest absolute Gasteiger partial charge is 0.420 e. The van der Waals surface area contributed by atoms with Gasteiger partial charge >= 0.3 is 6.09 Å². The number of amides is 1. The van der Waals surface area contributed by atoms with Gasteiger partial charge in [-0.1, -0.05) is 0 Å². The molecule has 0 fully saturated rings. The molecule has 6 heteroatoms. The number of ether oxygens (including phenoxy) is 1. The Kier molecular flexibility index (Phi) is 4.06. The summed E-state index contributed by atoms with van der Waals surface area (Å²) in [7, 11) is 1.12. The quantitative estimate of drug-likeness (QED) is 0.571. The highest BCUT2D eigenvalue weighted by Gasteiger charge is 2.11. The van der Waals surface area contributed by atoms with E-state index >= 15 is 0 Å². The Hall–Kier alpha value is -0.620. The monoisotopic (exact) mass is 180 g/mol. The number of nitrogens with zero attached hydrogens (tertiary/aromatic N) is 1. The zero-order valence-corrected chi connectivity index (χ0v) is 7.38. The molecule has 0 heterocycles. The van der Waals surface area contributed by atoms with Crippen LogP contribution in [0.4, 0.5) is 4.79 Å². The van der Waals surface area contributed by atoms with E-state index in [1.165, 1.54) is 0 Å². The van der Waals surface area contributed by atoms with Gasteiger partial charge in [0.25, 0.3) is 0 Å². The molecule has 0 aromatic rings. The molecule has 1 atom stereocenters. The third-order valence-electron chi connectivity index (χ3n) is 0.817. The second-order valence-corrected chi connectivity index (χ2v) is 3.13. The summed E-state index contributed by atoms with van der Waals surface area (Å²) in [6, 6.07) is 0. The topological polar surface area (TPSA) is 69.7 Å². The van der Waals surface area contributed by atoms with Gasteiger partial charge in [0.2, 0.25) is 0 Å². The SMILES string of the molecule is CC(C)OC(=O)N(C)S(=O)[O-]. The molecule has 0 rings (SSSR count). The highest BCUT2D eigenvalue weighted by atomic mass is 32.2. The summed E-state index contributed by atoms with van der Waals surface area (Å²) in [5.41, 5.74) is 0. The first-order valence-corrected chi connectivity index (χ1v) is 4.02. The maximum atomic E-state index is 10.7. The molecule has 0 saturated carbocycles. The van der Waals surface area contributed by atoms with Crippen LogP contribution in [0.5, 0.6) is 0 Å². The summed E-state index contributed by atoms with van der Waals surface area (Å²) in [4.78, 5) is 10.7. The van der Waals surface area contributed by atoms with Crippen molar-refractivity contribution in [3.63, 3.8) is 0 Å². The van der Waals surface area contributed by atoms with Crippen LogP contribution in [0.3, 0.4) is 0 Å². The number of hydrogen-bond acceptors (Lipinski definition) is 4. The number of hydrogen-bond donors (Lipinski definition) is 0. The van der Waals surface area contributed by atoms with Crippen LogP contribution in [0.25, 0.3) is 0 Å². The van der Waals surface area contributed by atoms with Crippen LogP contribution in [0.1, 0.15) is 13.8 Å². The van der Waals surface area contributed by atoms with Crippen LogP contribution in [0, 0.1) is 0 Å². The third-order valence-corrected chi connectivity index (χ3v) is 1.41. The molecule has 0 aromatic carbocycles. The molecule has 0 aliphatic carbocycles. The largest absolute Gasteiger partial charge is 0.755 e. The Labute approximate surface area is 67.7 Å². The lowest BCUT2D eigenvalue weighted by Gasteiger charge is -2.19. The fourth-order valence-corrected chi connectivity index (χ4v) is 0.501. The zero-order valence-electron chi connectivity index (χ0n) is 6.57. The van der Waals surface area contributed by atoms with Gasteiger partial charge in [0.05, 0.1) is 17.4 Å². The maximum absolute atomic E-state index is 10.7.